The maximum Gasteiger partial charge on any atom is 0.123 e. The Balaban J connectivity index is 1.60. The lowest BCUT2D eigenvalue weighted by molar-refractivity contribution is -0.125. The van der Waals surface area contributed by atoms with E-state index in [1.807, 2.05) is 0 Å². The molecule has 1 nitrogen and oxygen atoms in total. The normalized spacial score (nSPS) is 56.2. The van der Waals surface area contributed by atoms with Gasteiger partial charge in [0.2, 0.25) is 0 Å². The second kappa shape index (κ2) is 4.83. The summed E-state index contributed by atoms with van der Waals surface area (Å²) < 4.78 is 0. The summed E-state index contributed by atoms with van der Waals surface area (Å²) in [7, 11) is 0. The van der Waals surface area contributed by atoms with Gasteiger partial charge in [-0.25, -0.2) is 0 Å². The fourth-order valence-electron chi connectivity index (χ4n) is 7.41. The van der Waals surface area contributed by atoms with Crippen molar-refractivity contribution in [3.05, 3.63) is 0 Å². The van der Waals surface area contributed by atoms with Crippen LogP contribution in [0.15, 0.2) is 0 Å². The van der Waals surface area contributed by atoms with E-state index in [4.69, 9.17) is 0 Å². The third kappa shape index (κ3) is 1.98. The van der Waals surface area contributed by atoms with Crippen molar-refractivity contribution < 1.29 is 4.79 Å². The molecule has 0 aromatic carbocycles. The van der Waals surface area contributed by atoms with Crippen LogP contribution in [0.4, 0.5) is 0 Å². The number of aldehydes is 1. The van der Waals surface area contributed by atoms with Gasteiger partial charge in [-0.2, -0.15) is 0 Å². The molecule has 0 bridgehead atoms. The Hall–Kier alpha value is -0.330. The lowest BCUT2D eigenvalue weighted by Gasteiger charge is -2.60. The van der Waals surface area contributed by atoms with E-state index in [0.717, 1.165) is 23.7 Å². The maximum atomic E-state index is 11.2. The van der Waals surface area contributed by atoms with Crippen molar-refractivity contribution in [1.82, 2.24) is 0 Å². The Morgan fingerprint density at radius 1 is 0.905 bits per heavy atom. The van der Waals surface area contributed by atoms with Crippen LogP contribution in [0.2, 0.25) is 0 Å². The molecule has 0 radical (unpaired) electrons. The van der Waals surface area contributed by atoms with Crippen molar-refractivity contribution in [2.45, 2.75) is 78.1 Å². The van der Waals surface area contributed by atoms with Gasteiger partial charge in [-0.15, -0.1) is 0 Å². The highest BCUT2D eigenvalue weighted by molar-refractivity contribution is 5.53. The van der Waals surface area contributed by atoms with E-state index in [-0.39, 0.29) is 0 Å². The Morgan fingerprint density at radius 3 is 2.57 bits per heavy atom. The minimum atomic E-state index is 0.375. The molecular weight excluding hydrogens is 256 g/mol. The highest BCUT2D eigenvalue weighted by atomic mass is 16.1. The zero-order valence-electron chi connectivity index (χ0n) is 13.9. The lowest BCUT2D eigenvalue weighted by Crippen LogP contribution is -2.52. The second-order valence-electron chi connectivity index (χ2n) is 9.41. The smallest absolute Gasteiger partial charge is 0.123 e. The van der Waals surface area contributed by atoms with Gasteiger partial charge in [0.15, 0.2) is 0 Å². The van der Waals surface area contributed by atoms with Gasteiger partial charge in [0.1, 0.15) is 6.29 Å². The standard InChI is InChI=1S/C20H32O/c1-19-9-3-4-17(19)16-6-5-15-12-14(13-21)7-11-20(15,2)18(16)8-10-19/h13-18H,3-12H2,1-2H3/t14?,15-,16-,17-,18-,19-,20-/m0/s1. The summed E-state index contributed by atoms with van der Waals surface area (Å²) in [4.78, 5) is 11.2. The first-order valence-electron chi connectivity index (χ1n) is 9.52. The van der Waals surface area contributed by atoms with Crippen LogP contribution in [0.5, 0.6) is 0 Å². The molecule has 0 N–H and O–H groups in total. The zero-order valence-corrected chi connectivity index (χ0v) is 13.9. The minimum Gasteiger partial charge on any atom is -0.303 e. The molecule has 0 amide bonds. The van der Waals surface area contributed by atoms with E-state index in [1.54, 1.807) is 0 Å². The van der Waals surface area contributed by atoms with Crippen LogP contribution in [-0.2, 0) is 4.79 Å². The van der Waals surface area contributed by atoms with Gasteiger partial charge in [-0.1, -0.05) is 20.3 Å². The predicted octanol–water partition coefficient (Wildman–Crippen LogP) is 5.23. The quantitative estimate of drug-likeness (QED) is 0.603. The first kappa shape index (κ1) is 14.3. The molecule has 4 rings (SSSR count). The van der Waals surface area contributed by atoms with Crippen LogP contribution < -0.4 is 0 Å². The molecule has 0 heterocycles. The van der Waals surface area contributed by atoms with Crippen LogP contribution in [0.1, 0.15) is 78.1 Å². The predicted molar refractivity (Wildman–Crippen MR) is 85.9 cm³/mol. The van der Waals surface area contributed by atoms with E-state index < -0.39 is 0 Å². The molecule has 1 heteroatoms. The van der Waals surface area contributed by atoms with Crippen molar-refractivity contribution in [3.8, 4) is 0 Å². The first-order valence-corrected chi connectivity index (χ1v) is 9.52. The molecule has 1 unspecified atom stereocenters. The van der Waals surface area contributed by atoms with E-state index in [0.29, 0.717) is 16.7 Å². The monoisotopic (exact) mass is 288 g/mol. The van der Waals surface area contributed by atoms with Gasteiger partial charge in [-0.05, 0) is 92.3 Å². The Morgan fingerprint density at radius 2 is 1.76 bits per heavy atom. The molecule has 0 aromatic heterocycles. The van der Waals surface area contributed by atoms with Crippen molar-refractivity contribution in [3.63, 3.8) is 0 Å². The van der Waals surface area contributed by atoms with Crippen LogP contribution in [-0.4, -0.2) is 6.29 Å². The second-order valence-corrected chi connectivity index (χ2v) is 9.41. The van der Waals surface area contributed by atoms with Crippen LogP contribution in [0.25, 0.3) is 0 Å². The van der Waals surface area contributed by atoms with Crippen molar-refractivity contribution in [1.29, 1.82) is 0 Å². The summed E-state index contributed by atoms with van der Waals surface area (Å²) in [5.41, 5.74) is 1.25. The van der Waals surface area contributed by atoms with Gasteiger partial charge in [0.25, 0.3) is 0 Å². The number of hydrogen-bond donors (Lipinski definition) is 0. The molecule has 7 atom stereocenters. The van der Waals surface area contributed by atoms with Crippen LogP contribution in [0, 0.1) is 40.4 Å². The fraction of sp³-hybridized carbons (Fsp3) is 0.950. The third-order valence-electron chi connectivity index (χ3n) is 8.68. The SMILES string of the molecule is C[C@@]12CCC[C@H]1[C@@H]1CC[C@H]3CC(C=O)CC[C@]3(C)[C@H]1CC2. The Bertz CT molecular complexity index is 430. The zero-order chi connectivity index (χ0) is 14.7. The van der Waals surface area contributed by atoms with Gasteiger partial charge in [0.05, 0.1) is 0 Å². The Kier molecular flexibility index (Phi) is 3.28. The van der Waals surface area contributed by atoms with E-state index in [1.165, 1.54) is 70.5 Å². The van der Waals surface area contributed by atoms with Crippen LogP contribution in [0.3, 0.4) is 0 Å². The third-order valence-corrected chi connectivity index (χ3v) is 8.68. The summed E-state index contributed by atoms with van der Waals surface area (Å²) >= 11 is 0. The van der Waals surface area contributed by atoms with Gasteiger partial charge >= 0.3 is 0 Å². The number of fused-ring (bicyclic) bond motifs is 5. The largest absolute Gasteiger partial charge is 0.303 e. The summed E-state index contributed by atoms with van der Waals surface area (Å²) in [6.07, 6.45) is 15.3. The molecule has 0 aliphatic heterocycles. The summed E-state index contributed by atoms with van der Waals surface area (Å²) in [5.74, 6) is 4.23. The fourth-order valence-corrected chi connectivity index (χ4v) is 7.41. The topological polar surface area (TPSA) is 17.1 Å². The van der Waals surface area contributed by atoms with E-state index >= 15 is 0 Å². The van der Waals surface area contributed by atoms with Crippen molar-refractivity contribution >= 4 is 6.29 Å². The lowest BCUT2D eigenvalue weighted by atomic mass is 9.45. The molecule has 0 spiro atoms. The van der Waals surface area contributed by atoms with Crippen molar-refractivity contribution in [2.24, 2.45) is 40.4 Å². The van der Waals surface area contributed by atoms with E-state index in [2.05, 4.69) is 13.8 Å². The maximum absolute atomic E-state index is 11.2. The molecule has 4 saturated carbocycles. The van der Waals surface area contributed by atoms with Crippen molar-refractivity contribution in [2.75, 3.05) is 0 Å². The summed E-state index contributed by atoms with van der Waals surface area (Å²) in [6.45, 7) is 5.20. The molecular formula is C20H32O. The minimum absolute atomic E-state index is 0.375. The first-order chi connectivity index (χ1) is 10.1. The Labute approximate surface area is 130 Å². The molecule has 4 aliphatic carbocycles. The molecule has 0 saturated heterocycles. The molecule has 4 fully saturated rings. The summed E-state index contributed by atoms with van der Waals surface area (Å²) in [5, 5.41) is 0. The van der Waals surface area contributed by atoms with Gasteiger partial charge < -0.3 is 4.79 Å². The highest BCUT2D eigenvalue weighted by Gasteiger charge is 2.57. The number of carbonyl (C=O) groups is 1. The average molecular weight is 288 g/mol. The van der Waals surface area contributed by atoms with Crippen LogP contribution >= 0.6 is 0 Å². The number of rotatable bonds is 1. The van der Waals surface area contributed by atoms with Gasteiger partial charge in [-0.3, -0.25) is 0 Å². The highest BCUT2D eigenvalue weighted by Crippen LogP contribution is 2.66. The molecule has 118 valence electrons. The van der Waals surface area contributed by atoms with E-state index in [9.17, 15) is 4.79 Å². The van der Waals surface area contributed by atoms with Gasteiger partial charge in [0, 0.05) is 5.92 Å². The average Bonchev–Trinajstić information content (AvgIpc) is 2.88. The molecule has 0 aromatic rings. The molecule has 4 aliphatic rings. The number of hydrogen-bond acceptors (Lipinski definition) is 1. The summed E-state index contributed by atoms with van der Waals surface area (Å²) in [6, 6.07) is 0. The number of carbonyl (C=O) groups excluding carboxylic acids is 1. The molecule has 21 heavy (non-hydrogen) atoms.